The van der Waals surface area contributed by atoms with E-state index in [4.69, 9.17) is 8.94 Å². The van der Waals surface area contributed by atoms with Gasteiger partial charge in [0.25, 0.3) is 0 Å². The molecule has 0 saturated carbocycles. The van der Waals surface area contributed by atoms with Crippen molar-refractivity contribution in [3.8, 4) is 0 Å². The van der Waals surface area contributed by atoms with Gasteiger partial charge in [0.15, 0.2) is 0 Å². The van der Waals surface area contributed by atoms with E-state index < -0.39 is 12.1 Å². The minimum atomic E-state index is -0.930. The van der Waals surface area contributed by atoms with E-state index in [1.165, 1.54) is 11.2 Å². The zero-order chi connectivity index (χ0) is 17.6. The van der Waals surface area contributed by atoms with Gasteiger partial charge in [0.2, 0.25) is 5.88 Å². The number of nitrogens with one attached hydrogen (secondary N) is 1. The van der Waals surface area contributed by atoms with Gasteiger partial charge in [-0.3, -0.25) is 5.32 Å². The van der Waals surface area contributed by atoms with Gasteiger partial charge in [0.05, 0.1) is 18.5 Å². The lowest BCUT2D eigenvalue weighted by molar-refractivity contribution is 0.105. The Labute approximate surface area is 144 Å². The molecule has 3 aromatic rings. The molecule has 1 atom stereocenters. The van der Waals surface area contributed by atoms with E-state index in [1.54, 1.807) is 25.1 Å². The molecule has 2 N–H and O–H groups in total. The highest BCUT2D eigenvalue weighted by Gasteiger charge is 2.21. The molecule has 0 saturated heterocycles. The summed E-state index contributed by atoms with van der Waals surface area (Å²) >= 11 is 0. The maximum Gasteiger partial charge on any atom is 0.324 e. The van der Waals surface area contributed by atoms with Crippen molar-refractivity contribution in [2.45, 2.75) is 19.6 Å². The van der Waals surface area contributed by atoms with E-state index in [0.717, 1.165) is 5.56 Å². The molecule has 2 heterocycles. The molecule has 25 heavy (non-hydrogen) atoms. The fraction of sp³-hybridized carbons (Fsp3) is 0.222. The van der Waals surface area contributed by atoms with E-state index in [-0.39, 0.29) is 12.4 Å². The van der Waals surface area contributed by atoms with Crippen LogP contribution in [0.5, 0.6) is 0 Å². The van der Waals surface area contributed by atoms with Crippen molar-refractivity contribution < 1.29 is 18.8 Å². The molecule has 7 heteroatoms. The summed E-state index contributed by atoms with van der Waals surface area (Å²) in [6, 6.07) is 14.1. The Morgan fingerprint density at radius 2 is 2.08 bits per heavy atom. The van der Waals surface area contributed by atoms with Crippen LogP contribution in [0.3, 0.4) is 0 Å². The highest BCUT2D eigenvalue weighted by atomic mass is 16.5. The van der Waals surface area contributed by atoms with Gasteiger partial charge < -0.3 is 18.9 Å². The number of furan rings is 1. The number of aliphatic hydroxyl groups is 1. The summed E-state index contributed by atoms with van der Waals surface area (Å²) < 4.78 is 10.2. The van der Waals surface area contributed by atoms with Crippen LogP contribution in [0.4, 0.5) is 10.7 Å². The molecule has 130 valence electrons. The Balaban J connectivity index is 1.74. The van der Waals surface area contributed by atoms with Crippen molar-refractivity contribution in [2.75, 3.05) is 11.9 Å². The van der Waals surface area contributed by atoms with E-state index in [9.17, 15) is 9.90 Å². The average Bonchev–Trinajstić information content (AvgIpc) is 3.27. The quantitative estimate of drug-likeness (QED) is 0.717. The number of aliphatic hydroxyl groups excluding tert-OH is 1. The predicted molar refractivity (Wildman–Crippen MR) is 90.8 cm³/mol. The number of carbonyl (C=O) groups excluding carboxylic acids is 1. The molecule has 0 aliphatic carbocycles. The molecule has 0 spiro atoms. The van der Waals surface area contributed by atoms with Crippen molar-refractivity contribution in [1.29, 1.82) is 0 Å². The van der Waals surface area contributed by atoms with Crippen LogP contribution in [0.25, 0.3) is 0 Å². The van der Waals surface area contributed by atoms with Gasteiger partial charge in [0.1, 0.15) is 11.9 Å². The smallest absolute Gasteiger partial charge is 0.324 e. The predicted octanol–water partition coefficient (Wildman–Crippen LogP) is 3.34. The molecular formula is C18H19N3O4. The summed E-state index contributed by atoms with van der Waals surface area (Å²) in [5, 5.41) is 16.7. The molecular weight excluding hydrogens is 322 g/mol. The van der Waals surface area contributed by atoms with E-state index in [1.807, 2.05) is 30.3 Å². The van der Waals surface area contributed by atoms with Crippen molar-refractivity contribution in [2.24, 2.45) is 0 Å². The van der Waals surface area contributed by atoms with Gasteiger partial charge in [-0.1, -0.05) is 35.5 Å². The lowest BCUT2D eigenvalue weighted by atomic mass is 10.2. The third kappa shape index (κ3) is 4.48. The first-order valence-corrected chi connectivity index (χ1v) is 7.86. The number of anilines is 1. The molecule has 0 fully saturated rings. The summed E-state index contributed by atoms with van der Waals surface area (Å²) in [4.78, 5) is 14.1. The Kier molecular flexibility index (Phi) is 5.15. The molecule has 0 bridgehead atoms. The molecule has 3 rings (SSSR count). The minimum absolute atomic E-state index is 0.0708. The van der Waals surface area contributed by atoms with Gasteiger partial charge in [0, 0.05) is 12.6 Å². The third-order valence-electron chi connectivity index (χ3n) is 3.63. The normalized spacial score (nSPS) is 11.9. The maximum atomic E-state index is 12.6. The number of aromatic nitrogens is 1. The van der Waals surface area contributed by atoms with Crippen molar-refractivity contribution in [1.82, 2.24) is 10.1 Å². The summed E-state index contributed by atoms with van der Waals surface area (Å²) in [6.07, 6.45) is 0.554. The van der Waals surface area contributed by atoms with Crippen LogP contribution in [-0.2, 0) is 6.54 Å². The number of hydrogen-bond donors (Lipinski definition) is 2. The number of hydrogen-bond acceptors (Lipinski definition) is 5. The summed E-state index contributed by atoms with van der Waals surface area (Å²) in [5.41, 5.74) is 1.61. The molecule has 7 nitrogen and oxygen atoms in total. The average molecular weight is 341 g/mol. The fourth-order valence-corrected chi connectivity index (χ4v) is 2.41. The van der Waals surface area contributed by atoms with Crippen molar-refractivity contribution in [3.05, 3.63) is 71.8 Å². The van der Waals surface area contributed by atoms with Crippen molar-refractivity contribution >= 4 is 11.9 Å². The minimum Gasteiger partial charge on any atom is -0.467 e. The number of nitrogens with zero attached hydrogens (tertiary/aromatic N) is 2. The maximum absolute atomic E-state index is 12.6. The number of urea groups is 1. The van der Waals surface area contributed by atoms with Crippen molar-refractivity contribution in [3.63, 3.8) is 0 Å². The van der Waals surface area contributed by atoms with E-state index in [0.29, 0.717) is 18.0 Å². The number of aryl methyl sites for hydroxylation is 1. The first-order valence-electron chi connectivity index (χ1n) is 7.86. The first-order chi connectivity index (χ1) is 12.1. The molecule has 1 aromatic carbocycles. The van der Waals surface area contributed by atoms with Gasteiger partial charge in [-0.2, -0.15) is 0 Å². The fourth-order valence-electron chi connectivity index (χ4n) is 2.41. The molecule has 0 radical (unpaired) electrons. The molecule has 2 amide bonds. The second kappa shape index (κ2) is 7.67. The SMILES string of the molecule is Cc1cc(NC(=O)N(Cc2ccccc2)C[C@H](O)c2ccco2)on1. The van der Waals surface area contributed by atoms with E-state index in [2.05, 4.69) is 10.5 Å². The van der Waals surface area contributed by atoms with Crippen LogP contribution >= 0.6 is 0 Å². The van der Waals surface area contributed by atoms with Crippen LogP contribution in [-0.4, -0.2) is 27.7 Å². The number of rotatable bonds is 6. The van der Waals surface area contributed by atoms with Crippen LogP contribution in [0.2, 0.25) is 0 Å². The topological polar surface area (TPSA) is 91.7 Å². The van der Waals surface area contributed by atoms with Crippen LogP contribution in [0, 0.1) is 6.92 Å². The lowest BCUT2D eigenvalue weighted by Crippen LogP contribution is -2.37. The summed E-state index contributed by atoms with van der Waals surface area (Å²) in [5.74, 6) is 0.662. The van der Waals surface area contributed by atoms with E-state index >= 15 is 0 Å². The second-order valence-electron chi connectivity index (χ2n) is 5.66. The van der Waals surface area contributed by atoms with Crippen LogP contribution in [0.15, 0.2) is 63.7 Å². The molecule has 0 unspecified atom stereocenters. The monoisotopic (exact) mass is 341 g/mol. The highest BCUT2D eigenvalue weighted by Crippen LogP contribution is 2.18. The Hall–Kier alpha value is -3.06. The first kappa shape index (κ1) is 16.8. The zero-order valence-corrected chi connectivity index (χ0v) is 13.8. The third-order valence-corrected chi connectivity index (χ3v) is 3.63. The Morgan fingerprint density at radius 3 is 2.72 bits per heavy atom. The van der Waals surface area contributed by atoms with Crippen LogP contribution < -0.4 is 5.32 Å². The zero-order valence-electron chi connectivity index (χ0n) is 13.8. The standard InChI is InChI=1S/C18H19N3O4/c1-13-10-17(25-20-13)19-18(23)21(11-14-6-3-2-4-7-14)12-15(22)16-8-5-9-24-16/h2-10,15,22H,11-12H2,1H3,(H,19,23)/t15-/m0/s1. The number of amides is 2. The number of carbonyl (C=O) groups is 1. The summed E-state index contributed by atoms with van der Waals surface area (Å²) in [6.45, 7) is 2.17. The Bertz CT molecular complexity index is 799. The second-order valence-corrected chi connectivity index (χ2v) is 5.66. The largest absolute Gasteiger partial charge is 0.467 e. The molecule has 0 aliphatic heterocycles. The van der Waals surface area contributed by atoms with Gasteiger partial charge in [-0.25, -0.2) is 4.79 Å². The van der Waals surface area contributed by atoms with Gasteiger partial charge in [-0.15, -0.1) is 0 Å². The van der Waals surface area contributed by atoms with Gasteiger partial charge >= 0.3 is 6.03 Å². The molecule has 2 aromatic heterocycles. The number of benzene rings is 1. The van der Waals surface area contributed by atoms with Gasteiger partial charge in [-0.05, 0) is 24.6 Å². The molecule has 0 aliphatic rings. The lowest BCUT2D eigenvalue weighted by Gasteiger charge is -2.24. The highest BCUT2D eigenvalue weighted by molar-refractivity contribution is 5.87. The Morgan fingerprint density at radius 1 is 1.28 bits per heavy atom. The van der Waals surface area contributed by atoms with Crippen LogP contribution in [0.1, 0.15) is 23.1 Å². The summed E-state index contributed by atoms with van der Waals surface area (Å²) in [7, 11) is 0.